The van der Waals surface area contributed by atoms with Crippen molar-refractivity contribution in [2.75, 3.05) is 52.5 Å². The van der Waals surface area contributed by atoms with Crippen LogP contribution < -0.4 is 5.32 Å². The molecule has 2 rings (SSSR count). The Morgan fingerprint density at radius 2 is 1.77 bits per heavy atom. The molecule has 1 saturated heterocycles. The minimum atomic E-state index is -3.49. The molecule has 0 atom stereocenters. The predicted octanol–water partition coefficient (Wildman–Crippen LogP) is 1.17. The Morgan fingerprint density at radius 1 is 1.15 bits per heavy atom. The lowest BCUT2D eigenvalue weighted by molar-refractivity contribution is 0.0374. The van der Waals surface area contributed by atoms with Crippen LogP contribution in [0, 0.1) is 0 Å². The molecule has 1 N–H and O–H groups in total. The van der Waals surface area contributed by atoms with Gasteiger partial charge in [0.1, 0.15) is 0 Å². The summed E-state index contributed by atoms with van der Waals surface area (Å²) in [5, 5.41) is 2.89. The van der Waals surface area contributed by atoms with Crippen LogP contribution in [0.4, 0.5) is 0 Å². The molecule has 1 aliphatic rings. The number of benzene rings is 1. The number of carbonyl (C=O) groups is 1. The van der Waals surface area contributed by atoms with Crippen molar-refractivity contribution in [3.05, 3.63) is 29.8 Å². The van der Waals surface area contributed by atoms with Gasteiger partial charge in [0.25, 0.3) is 5.91 Å². The largest absolute Gasteiger partial charge is 0.379 e. The Labute approximate surface area is 156 Å². The third-order valence-corrected chi connectivity index (χ3v) is 6.56. The molecule has 1 aromatic carbocycles. The molecule has 0 unspecified atom stereocenters. The standard InChI is InChI=1S/C18H29N3O4S/c1-3-21(4-2)26(23,24)17-8-6-16(7-9-17)18(22)19-10-5-11-20-12-14-25-15-13-20/h6-9H,3-5,10-15H2,1-2H3,(H,19,22). The number of ether oxygens (including phenoxy) is 1. The average molecular weight is 384 g/mol. The molecule has 8 heteroatoms. The van der Waals surface area contributed by atoms with Gasteiger partial charge in [0.2, 0.25) is 10.0 Å². The Morgan fingerprint density at radius 3 is 2.35 bits per heavy atom. The minimum absolute atomic E-state index is 0.182. The van der Waals surface area contributed by atoms with Gasteiger partial charge in [0.15, 0.2) is 0 Å². The summed E-state index contributed by atoms with van der Waals surface area (Å²) in [7, 11) is -3.49. The minimum Gasteiger partial charge on any atom is -0.379 e. The van der Waals surface area contributed by atoms with E-state index in [9.17, 15) is 13.2 Å². The molecule has 146 valence electrons. The van der Waals surface area contributed by atoms with Gasteiger partial charge < -0.3 is 10.1 Å². The first-order valence-corrected chi connectivity index (χ1v) is 10.6. The second kappa shape index (κ2) is 10.0. The number of carbonyl (C=O) groups excluding carboxylic acids is 1. The fourth-order valence-corrected chi connectivity index (χ4v) is 4.38. The molecule has 1 heterocycles. The molecule has 0 aliphatic carbocycles. The second-order valence-corrected chi connectivity index (χ2v) is 8.12. The third-order valence-electron chi connectivity index (χ3n) is 4.50. The van der Waals surface area contributed by atoms with Crippen LogP contribution in [0.5, 0.6) is 0 Å². The Hall–Kier alpha value is -1.48. The number of amides is 1. The number of morpholine rings is 1. The first-order valence-electron chi connectivity index (χ1n) is 9.17. The van der Waals surface area contributed by atoms with E-state index >= 15 is 0 Å². The number of rotatable bonds is 9. The monoisotopic (exact) mass is 383 g/mol. The van der Waals surface area contributed by atoms with Gasteiger partial charge in [0, 0.05) is 38.3 Å². The number of hydrogen-bond acceptors (Lipinski definition) is 5. The van der Waals surface area contributed by atoms with Gasteiger partial charge in [-0.3, -0.25) is 9.69 Å². The van der Waals surface area contributed by atoms with Gasteiger partial charge in [0.05, 0.1) is 18.1 Å². The van der Waals surface area contributed by atoms with E-state index in [0.717, 1.165) is 39.3 Å². The molecule has 0 radical (unpaired) electrons. The maximum absolute atomic E-state index is 12.4. The van der Waals surface area contributed by atoms with E-state index in [0.29, 0.717) is 25.2 Å². The molecule has 26 heavy (non-hydrogen) atoms. The van der Waals surface area contributed by atoms with Crippen LogP contribution in [0.1, 0.15) is 30.6 Å². The van der Waals surface area contributed by atoms with Gasteiger partial charge in [-0.05, 0) is 37.2 Å². The molecule has 0 aromatic heterocycles. The Balaban J connectivity index is 1.84. The zero-order valence-electron chi connectivity index (χ0n) is 15.6. The first kappa shape index (κ1) is 20.8. The van der Waals surface area contributed by atoms with E-state index in [2.05, 4.69) is 10.2 Å². The van der Waals surface area contributed by atoms with Crippen LogP contribution >= 0.6 is 0 Å². The van der Waals surface area contributed by atoms with Crippen LogP contribution in [0.3, 0.4) is 0 Å². The Kier molecular flexibility index (Phi) is 8.02. The van der Waals surface area contributed by atoms with Crippen molar-refractivity contribution in [3.63, 3.8) is 0 Å². The lowest BCUT2D eigenvalue weighted by Crippen LogP contribution is -2.38. The fourth-order valence-electron chi connectivity index (χ4n) is 2.92. The maximum Gasteiger partial charge on any atom is 0.251 e. The van der Waals surface area contributed by atoms with Crippen LogP contribution in [0.25, 0.3) is 0 Å². The summed E-state index contributed by atoms with van der Waals surface area (Å²) in [6.45, 7) is 9.41. The van der Waals surface area contributed by atoms with E-state index in [-0.39, 0.29) is 10.8 Å². The Bertz CT molecular complexity index is 666. The van der Waals surface area contributed by atoms with Gasteiger partial charge in [-0.15, -0.1) is 0 Å². The van der Waals surface area contributed by atoms with E-state index in [1.54, 1.807) is 26.0 Å². The fraction of sp³-hybridized carbons (Fsp3) is 0.611. The van der Waals surface area contributed by atoms with Crippen LogP contribution in [-0.2, 0) is 14.8 Å². The van der Waals surface area contributed by atoms with Crippen molar-refractivity contribution in [3.8, 4) is 0 Å². The molecule has 0 saturated carbocycles. The van der Waals surface area contributed by atoms with Crippen LogP contribution in [0.15, 0.2) is 29.2 Å². The van der Waals surface area contributed by atoms with E-state index < -0.39 is 10.0 Å². The van der Waals surface area contributed by atoms with Crippen LogP contribution in [-0.4, -0.2) is 76.0 Å². The summed E-state index contributed by atoms with van der Waals surface area (Å²) in [6, 6.07) is 6.12. The SMILES string of the molecule is CCN(CC)S(=O)(=O)c1ccc(C(=O)NCCCN2CCOCC2)cc1. The molecule has 1 aromatic rings. The highest BCUT2D eigenvalue weighted by molar-refractivity contribution is 7.89. The third kappa shape index (κ3) is 5.51. The highest BCUT2D eigenvalue weighted by Crippen LogP contribution is 2.16. The lowest BCUT2D eigenvalue weighted by atomic mass is 10.2. The normalized spacial score (nSPS) is 16.0. The number of sulfonamides is 1. The molecular weight excluding hydrogens is 354 g/mol. The van der Waals surface area contributed by atoms with Crippen molar-refractivity contribution < 1.29 is 17.9 Å². The molecular formula is C18H29N3O4S. The van der Waals surface area contributed by atoms with Gasteiger partial charge in [-0.1, -0.05) is 13.8 Å². The number of nitrogens with zero attached hydrogens (tertiary/aromatic N) is 2. The van der Waals surface area contributed by atoms with Crippen molar-refractivity contribution in [1.82, 2.24) is 14.5 Å². The molecule has 0 bridgehead atoms. The van der Waals surface area contributed by atoms with Crippen molar-refractivity contribution in [2.45, 2.75) is 25.2 Å². The zero-order chi connectivity index (χ0) is 19.0. The van der Waals surface area contributed by atoms with Crippen LogP contribution in [0.2, 0.25) is 0 Å². The molecule has 7 nitrogen and oxygen atoms in total. The van der Waals surface area contributed by atoms with Crippen molar-refractivity contribution in [2.24, 2.45) is 0 Å². The smallest absolute Gasteiger partial charge is 0.251 e. The summed E-state index contributed by atoms with van der Waals surface area (Å²) in [6.07, 6.45) is 0.875. The molecule has 1 amide bonds. The predicted molar refractivity (Wildman–Crippen MR) is 101 cm³/mol. The summed E-state index contributed by atoms with van der Waals surface area (Å²) in [5.41, 5.74) is 0.467. The van der Waals surface area contributed by atoms with E-state index in [1.807, 2.05) is 0 Å². The lowest BCUT2D eigenvalue weighted by Gasteiger charge is -2.26. The summed E-state index contributed by atoms with van der Waals surface area (Å²) in [5.74, 6) is -0.182. The first-order chi connectivity index (χ1) is 12.5. The van der Waals surface area contributed by atoms with Gasteiger partial charge >= 0.3 is 0 Å². The highest BCUT2D eigenvalue weighted by Gasteiger charge is 2.21. The molecule has 1 aliphatic heterocycles. The zero-order valence-corrected chi connectivity index (χ0v) is 16.4. The van der Waals surface area contributed by atoms with Crippen molar-refractivity contribution in [1.29, 1.82) is 0 Å². The summed E-state index contributed by atoms with van der Waals surface area (Å²) >= 11 is 0. The summed E-state index contributed by atoms with van der Waals surface area (Å²) in [4.78, 5) is 14.7. The quantitative estimate of drug-likeness (QED) is 0.648. The summed E-state index contributed by atoms with van der Waals surface area (Å²) < 4.78 is 31.6. The molecule has 1 fully saturated rings. The van der Waals surface area contributed by atoms with Gasteiger partial charge in [-0.2, -0.15) is 4.31 Å². The number of nitrogens with one attached hydrogen (secondary N) is 1. The topological polar surface area (TPSA) is 79.0 Å². The molecule has 0 spiro atoms. The number of hydrogen-bond donors (Lipinski definition) is 1. The average Bonchev–Trinajstić information content (AvgIpc) is 2.67. The van der Waals surface area contributed by atoms with Gasteiger partial charge in [-0.25, -0.2) is 8.42 Å². The maximum atomic E-state index is 12.4. The van der Waals surface area contributed by atoms with Crippen molar-refractivity contribution >= 4 is 15.9 Å². The highest BCUT2D eigenvalue weighted by atomic mass is 32.2. The van der Waals surface area contributed by atoms with E-state index in [1.165, 1.54) is 16.4 Å². The second-order valence-electron chi connectivity index (χ2n) is 6.18. The van der Waals surface area contributed by atoms with E-state index in [4.69, 9.17) is 4.74 Å².